The summed E-state index contributed by atoms with van der Waals surface area (Å²) in [5, 5.41) is 10.8. The van der Waals surface area contributed by atoms with Crippen LogP contribution >= 0.6 is 0 Å². The maximum Gasteiger partial charge on any atom is 0.374 e. The van der Waals surface area contributed by atoms with Crippen molar-refractivity contribution in [3.63, 3.8) is 0 Å². The quantitative estimate of drug-likeness (QED) is 0.477. The first-order valence-corrected chi connectivity index (χ1v) is 6.61. The van der Waals surface area contributed by atoms with Crippen molar-refractivity contribution in [2.45, 2.75) is 20.3 Å². The van der Waals surface area contributed by atoms with Gasteiger partial charge in [-0.25, -0.2) is 4.79 Å². The predicted octanol–water partition coefficient (Wildman–Crippen LogP) is 3.59. The van der Waals surface area contributed by atoms with E-state index in [1.165, 1.54) is 18.2 Å². The number of benzene rings is 1. The molecule has 1 heterocycles. The highest BCUT2D eigenvalue weighted by Gasteiger charge is 2.16. The Morgan fingerprint density at radius 3 is 2.67 bits per heavy atom. The van der Waals surface area contributed by atoms with Crippen molar-refractivity contribution in [1.82, 2.24) is 0 Å². The Balaban J connectivity index is 2.38. The molecule has 2 rings (SSSR count). The summed E-state index contributed by atoms with van der Waals surface area (Å²) in [4.78, 5) is 21.9. The molecule has 0 amide bonds. The van der Waals surface area contributed by atoms with Gasteiger partial charge in [-0.2, -0.15) is 0 Å². The van der Waals surface area contributed by atoms with Crippen molar-refractivity contribution < 1.29 is 18.9 Å². The number of non-ortho nitro benzene ring substituents is 1. The molecule has 0 bridgehead atoms. The van der Waals surface area contributed by atoms with E-state index in [4.69, 9.17) is 9.15 Å². The van der Waals surface area contributed by atoms with E-state index in [0.717, 1.165) is 11.1 Å². The van der Waals surface area contributed by atoms with Crippen LogP contribution in [0.3, 0.4) is 0 Å². The van der Waals surface area contributed by atoms with Crippen LogP contribution < -0.4 is 0 Å². The van der Waals surface area contributed by atoms with Gasteiger partial charge in [-0.3, -0.25) is 10.1 Å². The summed E-state index contributed by atoms with van der Waals surface area (Å²) in [5.41, 5.74) is 1.56. The highest BCUT2D eigenvalue weighted by atomic mass is 16.6. The Kier molecular flexibility index (Phi) is 4.37. The van der Waals surface area contributed by atoms with Crippen molar-refractivity contribution in [3.8, 4) is 11.3 Å². The number of esters is 1. The normalized spacial score (nSPS) is 10.4. The van der Waals surface area contributed by atoms with Crippen LogP contribution in [0, 0.1) is 10.1 Å². The SMILES string of the molecule is CCOC(=O)c1ccc(-c2ccc([N+](=O)[O-])cc2CC)o1. The number of carbonyl (C=O) groups is 1. The van der Waals surface area contributed by atoms with Gasteiger partial charge in [0.15, 0.2) is 0 Å². The molecule has 0 atom stereocenters. The Morgan fingerprint density at radius 2 is 2.05 bits per heavy atom. The average molecular weight is 289 g/mol. The van der Waals surface area contributed by atoms with Gasteiger partial charge in [-0.05, 0) is 37.1 Å². The lowest BCUT2D eigenvalue weighted by atomic mass is 10.0. The Bertz CT molecular complexity index is 674. The van der Waals surface area contributed by atoms with Crippen LogP contribution in [0.1, 0.15) is 30.0 Å². The van der Waals surface area contributed by atoms with Crippen molar-refractivity contribution >= 4 is 11.7 Å². The topological polar surface area (TPSA) is 82.6 Å². The monoisotopic (exact) mass is 289 g/mol. The van der Waals surface area contributed by atoms with E-state index >= 15 is 0 Å². The number of rotatable bonds is 5. The molecule has 0 fully saturated rings. The fraction of sp³-hybridized carbons (Fsp3) is 0.267. The molecule has 0 aliphatic rings. The van der Waals surface area contributed by atoms with Gasteiger partial charge in [-0.1, -0.05) is 6.92 Å². The predicted molar refractivity (Wildman–Crippen MR) is 76.1 cm³/mol. The minimum absolute atomic E-state index is 0.0350. The number of nitrogens with zero attached hydrogens (tertiary/aromatic N) is 1. The third-order valence-electron chi connectivity index (χ3n) is 3.03. The van der Waals surface area contributed by atoms with Gasteiger partial charge in [0.1, 0.15) is 5.76 Å². The standard InChI is InChI=1S/C15H15NO5/c1-3-10-9-11(16(18)19)5-6-12(10)13-7-8-14(21-13)15(17)20-4-2/h5-9H,3-4H2,1-2H3. The molecule has 1 aromatic carbocycles. The number of nitro groups is 1. The van der Waals surface area contributed by atoms with Crippen LogP contribution in [0.15, 0.2) is 34.7 Å². The minimum atomic E-state index is -0.524. The number of nitro benzene ring substituents is 1. The van der Waals surface area contributed by atoms with Crippen LogP contribution in [0.25, 0.3) is 11.3 Å². The molecule has 0 aliphatic carbocycles. The molecule has 1 aromatic heterocycles. The van der Waals surface area contributed by atoms with Gasteiger partial charge in [0.05, 0.1) is 11.5 Å². The zero-order valence-corrected chi connectivity index (χ0v) is 11.8. The van der Waals surface area contributed by atoms with Gasteiger partial charge in [0.25, 0.3) is 5.69 Å². The molecule has 0 unspecified atom stereocenters. The van der Waals surface area contributed by atoms with Gasteiger partial charge >= 0.3 is 5.97 Å². The van der Waals surface area contributed by atoms with E-state index in [2.05, 4.69) is 0 Å². The lowest BCUT2D eigenvalue weighted by Crippen LogP contribution is -2.02. The Morgan fingerprint density at radius 1 is 1.29 bits per heavy atom. The largest absolute Gasteiger partial charge is 0.460 e. The first-order chi connectivity index (χ1) is 10.1. The van der Waals surface area contributed by atoms with E-state index in [0.29, 0.717) is 12.2 Å². The van der Waals surface area contributed by atoms with E-state index in [1.54, 1.807) is 19.1 Å². The highest BCUT2D eigenvalue weighted by Crippen LogP contribution is 2.29. The van der Waals surface area contributed by atoms with E-state index in [9.17, 15) is 14.9 Å². The highest BCUT2D eigenvalue weighted by molar-refractivity contribution is 5.87. The van der Waals surface area contributed by atoms with Crippen molar-refractivity contribution in [3.05, 3.63) is 51.8 Å². The molecule has 110 valence electrons. The maximum atomic E-state index is 11.6. The summed E-state index contributed by atoms with van der Waals surface area (Å²) < 4.78 is 10.3. The Hall–Kier alpha value is -2.63. The molecule has 0 saturated heterocycles. The van der Waals surface area contributed by atoms with Crippen molar-refractivity contribution in [2.24, 2.45) is 0 Å². The molecule has 6 heteroatoms. The van der Waals surface area contributed by atoms with Crippen LogP contribution in [-0.4, -0.2) is 17.5 Å². The van der Waals surface area contributed by atoms with Crippen molar-refractivity contribution in [2.75, 3.05) is 6.61 Å². The summed E-state index contributed by atoms with van der Waals surface area (Å²) in [5.74, 6) is 0.0840. The molecule has 0 saturated carbocycles. The zero-order chi connectivity index (χ0) is 15.4. The molecule has 0 N–H and O–H groups in total. The number of hydrogen-bond acceptors (Lipinski definition) is 5. The van der Waals surface area contributed by atoms with Crippen LogP contribution in [0.2, 0.25) is 0 Å². The lowest BCUT2D eigenvalue weighted by molar-refractivity contribution is -0.384. The number of ether oxygens (including phenoxy) is 1. The number of furan rings is 1. The van der Waals surface area contributed by atoms with Gasteiger partial charge in [0, 0.05) is 17.7 Å². The number of carbonyl (C=O) groups excluding carboxylic acids is 1. The molecule has 0 radical (unpaired) electrons. The van der Waals surface area contributed by atoms with Crippen LogP contribution in [-0.2, 0) is 11.2 Å². The third-order valence-corrected chi connectivity index (χ3v) is 3.03. The third kappa shape index (κ3) is 3.10. The minimum Gasteiger partial charge on any atom is -0.460 e. The Labute approximate surface area is 121 Å². The molecule has 0 aliphatic heterocycles. The average Bonchev–Trinajstić information content (AvgIpc) is 2.96. The molecular weight excluding hydrogens is 274 g/mol. The van der Waals surface area contributed by atoms with E-state index < -0.39 is 10.9 Å². The molecule has 21 heavy (non-hydrogen) atoms. The summed E-state index contributed by atoms with van der Waals surface area (Å²) in [6.07, 6.45) is 0.618. The van der Waals surface area contributed by atoms with Gasteiger partial charge in [0.2, 0.25) is 5.76 Å². The second-order valence-corrected chi connectivity index (χ2v) is 4.34. The fourth-order valence-corrected chi connectivity index (χ4v) is 2.02. The molecular formula is C15H15NO5. The van der Waals surface area contributed by atoms with Crippen LogP contribution in [0.5, 0.6) is 0 Å². The van der Waals surface area contributed by atoms with Gasteiger partial charge < -0.3 is 9.15 Å². The first kappa shape index (κ1) is 14.8. The molecule has 2 aromatic rings. The second kappa shape index (κ2) is 6.21. The summed E-state index contributed by atoms with van der Waals surface area (Å²) in [7, 11) is 0. The second-order valence-electron chi connectivity index (χ2n) is 4.34. The lowest BCUT2D eigenvalue weighted by Gasteiger charge is -2.05. The maximum absolute atomic E-state index is 11.6. The smallest absolute Gasteiger partial charge is 0.374 e. The fourth-order valence-electron chi connectivity index (χ4n) is 2.02. The van der Waals surface area contributed by atoms with Crippen LogP contribution in [0.4, 0.5) is 5.69 Å². The van der Waals surface area contributed by atoms with Gasteiger partial charge in [-0.15, -0.1) is 0 Å². The molecule has 0 spiro atoms. The number of aryl methyl sites for hydroxylation is 1. The van der Waals surface area contributed by atoms with E-state index in [1.807, 2.05) is 6.92 Å². The zero-order valence-electron chi connectivity index (χ0n) is 11.8. The van der Waals surface area contributed by atoms with E-state index in [-0.39, 0.29) is 18.1 Å². The summed E-state index contributed by atoms with van der Waals surface area (Å²) in [6.45, 7) is 3.89. The van der Waals surface area contributed by atoms with Crippen molar-refractivity contribution in [1.29, 1.82) is 0 Å². The summed E-state index contributed by atoms with van der Waals surface area (Å²) in [6, 6.07) is 7.76. The first-order valence-electron chi connectivity index (χ1n) is 6.61. The number of hydrogen-bond donors (Lipinski definition) is 0. The molecule has 6 nitrogen and oxygen atoms in total. The summed E-state index contributed by atoms with van der Waals surface area (Å²) >= 11 is 0.